The highest BCUT2D eigenvalue weighted by molar-refractivity contribution is 7.10. The maximum absolute atomic E-state index is 6.49. The normalized spacial score (nSPS) is 37.7. The first-order chi connectivity index (χ1) is 13.9. The number of fused-ring (bicyclic) bond motifs is 2. The van der Waals surface area contributed by atoms with E-state index in [2.05, 4.69) is 33.5 Å². The highest BCUT2D eigenvalue weighted by Crippen LogP contribution is 2.46. The molecule has 2 N–H and O–H groups in total. The number of hydrogen-bond donors (Lipinski definition) is 2. The molecule has 0 radical (unpaired) electrons. The third kappa shape index (κ3) is 3.01. The quantitative estimate of drug-likeness (QED) is 0.793. The van der Waals surface area contributed by atoms with Crippen LogP contribution in [0.25, 0.3) is 0 Å². The molecule has 2 aromatic rings. The molecule has 0 bridgehead atoms. The summed E-state index contributed by atoms with van der Waals surface area (Å²) >= 11 is 3.76. The van der Waals surface area contributed by atoms with Crippen molar-refractivity contribution in [3.63, 3.8) is 0 Å². The van der Waals surface area contributed by atoms with Crippen molar-refractivity contribution < 1.29 is 9.47 Å². The minimum Gasteiger partial charge on any atom is -0.371 e. The van der Waals surface area contributed by atoms with Gasteiger partial charge >= 0.3 is 0 Å². The Bertz CT molecular complexity index is 828. The lowest BCUT2D eigenvalue weighted by atomic mass is 9.81. The second-order valence-electron chi connectivity index (χ2n) is 8.67. The Kier molecular flexibility index (Phi) is 4.83. The van der Waals surface area contributed by atoms with Crippen molar-refractivity contribution in [3.05, 3.63) is 43.8 Å². The molecule has 28 heavy (non-hydrogen) atoms. The van der Waals surface area contributed by atoms with Crippen LogP contribution in [0.4, 0.5) is 0 Å². The molecule has 2 aromatic heterocycles. The second kappa shape index (κ2) is 7.49. The van der Waals surface area contributed by atoms with E-state index in [1.54, 1.807) is 5.56 Å². The topological polar surface area (TPSA) is 42.5 Å². The third-order valence-corrected chi connectivity index (χ3v) is 9.16. The molecule has 4 aliphatic rings. The van der Waals surface area contributed by atoms with Crippen molar-refractivity contribution in [2.24, 2.45) is 5.92 Å². The van der Waals surface area contributed by atoms with E-state index < -0.39 is 0 Å². The van der Waals surface area contributed by atoms with Crippen molar-refractivity contribution in [2.45, 2.75) is 55.9 Å². The Balaban J connectivity index is 1.20. The minimum absolute atomic E-state index is 0.232. The van der Waals surface area contributed by atoms with E-state index in [4.69, 9.17) is 9.47 Å². The molecule has 6 atom stereocenters. The van der Waals surface area contributed by atoms with Crippen LogP contribution < -0.4 is 10.6 Å². The van der Waals surface area contributed by atoms with Gasteiger partial charge in [-0.15, -0.1) is 22.7 Å². The summed E-state index contributed by atoms with van der Waals surface area (Å²) in [6.07, 6.45) is 5.25. The highest BCUT2D eigenvalue weighted by atomic mass is 32.1. The van der Waals surface area contributed by atoms with Gasteiger partial charge in [0, 0.05) is 27.8 Å². The summed E-state index contributed by atoms with van der Waals surface area (Å²) in [4.78, 5) is 2.93. The van der Waals surface area contributed by atoms with Gasteiger partial charge < -0.3 is 20.1 Å². The van der Waals surface area contributed by atoms with Crippen LogP contribution in [0.2, 0.25) is 0 Å². The van der Waals surface area contributed by atoms with Crippen molar-refractivity contribution in [2.75, 3.05) is 26.3 Å². The minimum atomic E-state index is 0.232. The zero-order valence-electron chi connectivity index (χ0n) is 16.1. The molecule has 2 unspecified atom stereocenters. The smallest absolute Gasteiger partial charge is 0.107 e. The average molecular weight is 417 g/mol. The standard InChI is InChI=1S/C22H28N2O2S2/c1-2-17(23-6-1)19-22-15(5-9-28-22)16(12-26-19)14-10-18(24-11-14)20-21-13(3-7-25-20)4-8-27-21/h4-5,8-9,14,16-20,23-24H,1-3,6-7,10-12H2/t14?,16?,17-,18-,19+,20-/m0/s1. The van der Waals surface area contributed by atoms with Crippen LogP contribution in [0.1, 0.15) is 58.3 Å². The Labute approximate surface area is 174 Å². The molecule has 6 heterocycles. The molecule has 4 aliphatic heterocycles. The van der Waals surface area contributed by atoms with E-state index in [1.807, 2.05) is 22.7 Å². The van der Waals surface area contributed by atoms with Crippen molar-refractivity contribution in [1.82, 2.24) is 10.6 Å². The molecular formula is C22H28N2O2S2. The van der Waals surface area contributed by atoms with E-state index in [1.165, 1.54) is 34.6 Å². The number of ether oxygens (including phenoxy) is 2. The predicted molar refractivity (Wildman–Crippen MR) is 113 cm³/mol. The average Bonchev–Trinajstić information content (AvgIpc) is 3.53. The number of nitrogens with one attached hydrogen (secondary N) is 2. The fourth-order valence-corrected chi connectivity index (χ4v) is 7.86. The molecular weight excluding hydrogens is 388 g/mol. The first-order valence-electron chi connectivity index (χ1n) is 10.7. The van der Waals surface area contributed by atoms with Crippen LogP contribution in [0.3, 0.4) is 0 Å². The van der Waals surface area contributed by atoms with E-state index in [0.717, 1.165) is 32.7 Å². The largest absolute Gasteiger partial charge is 0.371 e. The molecule has 0 aromatic carbocycles. The first-order valence-corrected chi connectivity index (χ1v) is 12.5. The highest BCUT2D eigenvalue weighted by Gasteiger charge is 2.42. The zero-order chi connectivity index (χ0) is 18.5. The summed E-state index contributed by atoms with van der Waals surface area (Å²) < 4.78 is 12.7. The summed E-state index contributed by atoms with van der Waals surface area (Å²) in [6.45, 7) is 3.92. The Hall–Kier alpha value is -0.760. The van der Waals surface area contributed by atoms with Crippen molar-refractivity contribution in [1.29, 1.82) is 0 Å². The molecule has 0 saturated carbocycles. The Morgan fingerprint density at radius 1 is 0.964 bits per heavy atom. The van der Waals surface area contributed by atoms with Gasteiger partial charge in [-0.05, 0) is 78.7 Å². The number of rotatable bonds is 3. The van der Waals surface area contributed by atoms with Gasteiger partial charge in [0.2, 0.25) is 0 Å². The summed E-state index contributed by atoms with van der Waals surface area (Å²) in [7, 11) is 0. The molecule has 4 nitrogen and oxygen atoms in total. The van der Waals surface area contributed by atoms with E-state index >= 15 is 0 Å². The van der Waals surface area contributed by atoms with Gasteiger partial charge in [-0.3, -0.25) is 0 Å². The van der Waals surface area contributed by atoms with E-state index in [-0.39, 0.29) is 12.2 Å². The Morgan fingerprint density at radius 2 is 1.86 bits per heavy atom. The van der Waals surface area contributed by atoms with Crippen molar-refractivity contribution >= 4 is 22.7 Å². The van der Waals surface area contributed by atoms with Crippen LogP contribution in [0, 0.1) is 5.92 Å². The van der Waals surface area contributed by atoms with Gasteiger partial charge in [0.05, 0.1) is 13.2 Å². The van der Waals surface area contributed by atoms with Gasteiger partial charge in [-0.1, -0.05) is 0 Å². The van der Waals surface area contributed by atoms with E-state index in [9.17, 15) is 0 Å². The molecule has 6 heteroatoms. The summed E-state index contributed by atoms with van der Waals surface area (Å²) in [5, 5.41) is 12.0. The molecule has 6 rings (SSSR count). The van der Waals surface area contributed by atoms with Gasteiger partial charge in [0.25, 0.3) is 0 Å². The van der Waals surface area contributed by atoms with Crippen LogP contribution in [-0.2, 0) is 15.9 Å². The lowest BCUT2D eigenvalue weighted by Crippen LogP contribution is -2.36. The van der Waals surface area contributed by atoms with Crippen LogP contribution in [0.15, 0.2) is 22.9 Å². The molecule has 2 fully saturated rings. The SMILES string of the molecule is c1cc2c(s1)[C@H]([C@@H]1CC(C3CO[C@H]([C@@H]4CCCN4)c4sccc43)CN1)OCC2. The summed E-state index contributed by atoms with van der Waals surface area (Å²) in [5.74, 6) is 1.15. The van der Waals surface area contributed by atoms with Gasteiger partial charge in [-0.25, -0.2) is 0 Å². The van der Waals surface area contributed by atoms with Gasteiger partial charge in [-0.2, -0.15) is 0 Å². The monoisotopic (exact) mass is 416 g/mol. The molecule has 0 spiro atoms. The number of thiophene rings is 2. The molecule has 150 valence electrons. The summed E-state index contributed by atoms with van der Waals surface area (Å²) in [6, 6.07) is 5.59. The maximum Gasteiger partial charge on any atom is 0.107 e. The molecule has 2 saturated heterocycles. The zero-order valence-corrected chi connectivity index (χ0v) is 17.7. The van der Waals surface area contributed by atoms with E-state index in [0.29, 0.717) is 23.9 Å². The van der Waals surface area contributed by atoms with Crippen LogP contribution in [-0.4, -0.2) is 38.4 Å². The third-order valence-electron chi connectivity index (χ3n) is 7.15. The molecule has 0 amide bonds. The van der Waals surface area contributed by atoms with Crippen LogP contribution >= 0.6 is 22.7 Å². The van der Waals surface area contributed by atoms with Crippen molar-refractivity contribution in [3.8, 4) is 0 Å². The fourth-order valence-electron chi connectivity index (χ4n) is 5.71. The lowest BCUT2D eigenvalue weighted by molar-refractivity contribution is -0.000820. The second-order valence-corrected chi connectivity index (χ2v) is 10.6. The maximum atomic E-state index is 6.49. The first kappa shape index (κ1) is 18.0. The van der Waals surface area contributed by atoms with Gasteiger partial charge in [0.15, 0.2) is 0 Å². The Morgan fingerprint density at radius 3 is 2.79 bits per heavy atom. The fraction of sp³-hybridized carbons (Fsp3) is 0.636. The molecule has 0 aliphatic carbocycles. The predicted octanol–water partition coefficient (Wildman–Crippen LogP) is 4.01. The number of hydrogen-bond acceptors (Lipinski definition) is 6. The van der Waals surface area contributed by atoms with Crippen LogP contribution in [0.5, 0.6) is 0 Å². The summed E-state index contributed by atoms with van der Waals surface area (Å²) in [5.41, 5.74) is 3.06. The van der Waals surface area contributed by atoms with Gasteiger partial charge in [0.1, 0.15) is 12.2 Å². The lowest BCUT2D eigenvalue weighted by Gasteiger charge is -2.35.